The van der Waals surface area contributed by atoms with E-state index in [0.717, 1.165) is 21.8 Å². The molecule has 0 aliphatic heterocycles. The second kappa shape index (κ2) is 15.3. The molecule has 5 N–H and O–H groups in total. The average Bonchev–Trinajstić information content (AvgIpc) is 3.39. The molecule has 0 aliphatic carbocycles. The number of benzene rings is 2. The van der Waals surface area contributed by atoms with Gasteiger partial charge in [0.05, 0.1) is 17.6 Å². The van der Waals surface area contributed by atoms with Crippen molar-refractivity contribution in [3.05, 3.63) is 106 Å². The summed E-state index contributed by atoms with van der Waals surface area (Å²) in [5.74, 6) is -0.912. The van der Waals surface area contributed by atoms with E-state index in [2.05, 4.69) is 29.5 Å². The molecule has 0 aliphatic rings. The number of imidazole rings is 1. The van der Waals surface area contributed by atoms with Crippen molar-refractivity contribution in [3.8, 4) is 0 Å². The lowest BCUT2D eigenvalue weighted by atomic mass is 10.0. The van der Waals surface area contributed by atoms with E-state index in [4.69, 9.17) is 10.5 Å². The van der Waals surface area contributed by atoms with Crippen LogP contribution in [0.25, 0.3) is 11.0 Å². The summed E-state index contributed by atoms with van der Waals surface area (Å²) in [4.78, 5) is 67.3. The third kappa shape index (κ3) is 8.68. The van der Waals surface area contributed by atoms with E-state index in [1.54, 1.807) is 36.4 Å². The van der Waals surface area contributed by atoms with Crippen LogP contribution in [0.4, 0.5) is 15.3 Å². The molecule has 4 rings (SSSR count). The molecule has 4 aromatic rings. The number of nitrogens with one attached hydrogen (secondary N) is 2. The molecule has 13 heteroatoms. The van der Waals surface area contributed by atoms with Gasteiger partial charge in [-0.15, -0.1) is 0 Å². The van der Waals surface area contributed by atoms with Crippen molar-refractivity contribution >= 4 is 40.7 Å². The summed E-state index contributed by atoms with van der Waals surface area (Å²) in [7, 11) is 0. The number of ether oxygens (including phenoxy) is 1. The average molecular weight is 629 g/mol. The third-order valence-corrected chi connectivity index (χ3v) is 6.97. The summed E-state index contributed by atoms with van der Waals surface area (Å²) < 4.78 is 7.55. The number of carbonyl (C=O) groups excluding carboxylic acids is 3. The van der Waals surface area contributed by atoms with E-state index in [1.807, 2.05) is 12.1 Å². The fourth-order valence-corrected chi connectivity index (χ4v) is 4.90. The number of carbonyl (C=O) groups is 4. The highest BCUT2D eigenvalue weighted by Crippen LogP contribution is 2.23. The van der Waals surface area contributed by atoms with Gasteiger partial charge in [0.15, 0.2) is 0 Å². The molecule has 0 bridgehead atoms. The second-order valence-corrected chi connectivity index (χ2v) is 11.0. The largest absolute Gasteiger partial charge is 0.464 e. The summed E-state index contributed by atoms with van der Waals surface area (Å²) in [5, 5.41) is 15.1. The lowest BCUT2D eigenvalue weighted by Gasteiger charge is -2.18. The van der Waals surface area contributed by atoms with E-state index in [9.17, 15) is 29.1 Å². The SMILES string of the molecule is CC(C)Cc1cccc2c1nc(Cn1cccc(NC(=O)C(CCC=CC(N)=O)NC(=O)OCc3ccccc3)c1=O)n2C(=O)O. The van der Waals surface area contributed by atoms with E-state index >= 15 is 0 Å². The van der Waals surface area contributed by atoms with Crippen LogP contribution in [0.2, 0.25) is 0 Å². The zero-order valence-corrected chi connectivity index (χ0v) is 25.5. The van der Waals surface area contributed by atoms with Crippen LogP contribution in [0.15, 0.2) is 83.8 Å². The first-order valence-electron chi connectivity index (χ1n) is 14.7. The maximum absolute atomic E-state index is 13.4. The van der Waals surface area contributed by atoms with Crippen molar-refractivity contribution in [1.29, 1.82) is 0 Å². The number of aromatic nitrogens is 3. The minimum absolute atomic E-state index is 0.0218. The highest BCUT2D eigenvalue weighted by molar-refractivity contribution is 5.96. The molecule has 240 valence electrons. The van der Waals surface area contributed by atoms with E-state index in [0.29, 0.717) is 23.4 Å². The van der Waals surface area contributed by atoms with Gasteiger partial charge in [0.1, 0.15) is 24.2 Å². The number of amides is 3. The Morgan fingerprint density at radius 3 is 2.50 bits per heavy atom. The molecule has 0 saturated carbocycles. The number of primary amides is 1. The van der Waals surface area contributed by atoms with Crippen LogP contribution in [0, 0.1) is 5.92 Å². The van der Waals surface area contributed by atoms with Crippen LogP contribution >= 0.6 is 0 Å². The van der Waals surface area contributed by atoms with E-state index < -0.39 is 35.6 Å². The van der Waals surface area contributed by atoms with Crippen LogP contribution in [0.1, 0.15) is 43.6 Å². The Morgan fingerprint density at radius 1 is 1.04 bits per heavy atom. The fraction of sp³-hybridized carbons (Fsp3) is 0.273. The zero-order chi connectivity index (χ0) is 33.2. The molecular formula is C33H36N6O7. The Morgan fingerprint density at radius 2 is 1.80 bits per heavy atom. The van der Waals surface area contributed by atoms with Gasteiger partial charge in [0.25, 0.3) is 5.56 Å². The smallest absolute Gasteiger partial charge is 0.417 e. The van der Waals surface area contributed by atoms with Gasteiger partial charge in [-0.3, -0.25) is 14.4 Å². The molecule has 2 aromatic carbocycles. The molecule has 0 radical (unpaired) electrons. The zero-order valence-electron chi connectivity index (χ0n) is 25.5. The third-order valence-electron chi connectivity index (χ3n) is 6.97. The first-order valence-corrected chi connectivity index (χ1v) is 14.7. The van der Waals surface area contributed by atoms with Gasteiger partial charge in [-0.1, -0.05) is 62.4 Å². The number of rotatable bonds is 13. The maximum atomic E-state index is 13.4. The second-order valence-electron chi connectivity index (χ2n) is 11.0. The first-order chi connectivity index (χ1) is 22.0. The highest BCUT2D eigenvalue weighted by atomic mass is 16.5. The van der Waals surface area contributed by atoms with Crippen LogP contribution in [0.3, 0.4) is 0 Å². The van der Waals surface area contributed by atoms with Crippen molar-refractivity contribution in [2.45, 2.75) is 52.3 Å². The van der Waals surface area contributed by atoms with Crippen molar-refractivity contribution < 1.29 is 29.0 Å². The van der Waals surface area contributed by atoms with Gasteiger partial charge in [-0.05, 0) is 60.6 Å². The number of nitrogens with two attached hydrogens (primary N) is 1. The molecule has 1 atom stereocenters. The van der Waals surface area contributed by atoms with Gasteiger partial charge in [0.2, 0.25) is 11.8 Å². The van der Waals surface area contributed by atoms with Crippen LogP contribution in [0.5, 0.6) is 0 Å². The van der Waals surface area contributed by atoms with Gasteiger partial charge in [0, 0.05) is 6.20 Å². The summed E-state index contributed by atoms with van der Waals surface area (Å²) in [6, 6.07) is 16.1. The lowest BCUT2D eigenvalue weighted by molar-refractivity contribution is -0.118. The van der Waals surface area contributed by atoms with Crippen molar-refractivity contribution in [1.82, 2.24) is 19.4 Å². The topological polar surface area (TPSA) is 188 Å². The molecule has 46 heavy (non-hydrogen) atoms. The Labute approximate surface area is 264 Å². The van der Waals surface area contributed by atoms with Crippen LogP contribution < -0.4 is 21.9 Å². The van der Waals surface area contributed by atoms with Crippen molar-refractivity contribution in [2.75, 3.05) is 5.32 Å². The van der Waals surface area contributed by atoms with Gasteiger partial charge in [-0.25, -0.2) is 19.1 Å². The number of allylic oxidation sites excluding steroid dienone is 1. The number of hydrogen-bond donors (Lipinski definition) is 4. The molecule has 2 aromatic heterocycles. The minimum Gasteiger partial charge on any atom is -0.464 e. The van der Waals surface area contributed by atoms with E-state index in [1.165, 1.54) is 29.0 Å². The Bertz CT molecular complexity index is 1810. The van der Waals surface area contributed by atoms with Crippen LogP contribution in [-0.2, 0) is 33.9 Å². The van der Waals surface area contributed by atoms with Crippen molar-refractivity contribution in [3.63, 3.8) is 0 Å². The number of para-hydroxylation sites is 1. The minimum atomic E-state index is -1.24. The number of alkyl carbamates (subject to hydrolysis) is 1. The predicted octanol–water partition coefficient (Wildman–Crippen LogP) is 4.03. The molecule has 0 spiro atoms. The Balaban J connectivity index is 1.54. The van der Waals surface area contributed by atoms with Crippen molar-refractivity contribution in [2.24, 2.45) is 11.7 Å². The predicted molar refractivity (Wildman–Crippen MR) is 171 cm³/mol. The summed E-state index contributed by atoms with van der Waals surface area (Å²) in [5.41, 5.74) is 7.04. The number of hydrogen-bond acceptors (Lipinski definition) is 7. The van der Waals surface area contributed by atoms with Crippen LogP contribution in [-0.4, -0.2) is 49.3 Å². The summed E-state index contributed by atoms with van der Waals surface area (Å²) in [6.45, 7) is 3.90. The van der Waals surface area contributed by atoms with Gasteiger partial charge in [-0.2, -0.15) is 0 Å². The molecule has 0 fully saturated rings. The van der Waals surface area contributed by atoms with Gasteiger partial charge < -0.3 is 30.8 Å². The quantitative estimate of drug-likeness (QED) is 0.160. The standard InChI is InChI=1S/C33H36N6O7/c1-21(2)18-23-12-8-15-26-29(23)37-28(39(26)33(44)45)19-38-17-9-14-25(31(38)42)35-30(41)24(13-6-7-16-27(34)40)36-32(43)46-20-22-10-4-3-5-11-22/h3-5,7-12,14-17,21,24H,6,13,18-20H2,1-2H3,(H2,34,40)(H,35,41)(H,36,43)(H,44,45). The number of carboxylic acid groups (broad SMARTS) is 1. The fourth-order valence-electron chi connectivity index (χ4n) is 4.90. The molecular weight excluding hydrogens is 592 g/mol. The Kier molecular flexibility index (Phi) is 11.1. The summed E-state index contributed by atoms with van der Waals surface area (Å²) >= 11 is 0. The van der Waals surface area contributed by atoms with E-state index in [-0.39, 0.29) is 37.5 Å². The molecule has 13 nitrogen and oxygen atoms in total. The first kappa shape index (κ1) is 33.2. The monoisotopic (exact) mass is 628 g/mol. The number of anilines is 1. The molecule has 2 heterocycles. The molecule has 0 saturated heterocycles. The normalized spacial score (nSPS) is 11.9. The summed E-state index contributed by atoms with van der Waals surface area (Å²) in [6.07, 6.45) is 2.96. The number of fused-ring (bicyclic) bond motifs is 1. The maximum Gasteiger partial charge on any atom is 0.417 e. The van der Waals surface area contributed by atoms with Gasteiger partial charge >= 0.3 is 12.2 Å². The highest BCUT2D eigenvalue weighted by Gasteiger charge is 2.23. The molecule has 3 amide bonds. The number of pyridine rings is 1. The lowest BCUT2D eigenvalue weighted by Crippen LogP contribution is -2.44. The number of nitrogens with zero attached hydrogens (tertiary/aromatic N) is 3. The molecule has 1 unspecified atom stereocenters. The Hall–Kier alpha value is -5.72.